The standard InChI is InChI=1S/C12H11F3N4O2/c13-7-3-8(14)12(18-19-16)11(15)6(7)2-9(20)5-1-10(21)17-4-5/h3,5,9,20H,1-2,4H2,(H,17,21). The summed E-state index contributed by atoms with van der Waals surface area (Å²) in [4.78, 5) is 13.3. The number of aliphatic hydroxyl groups is 1. The second-order valence-corrected chi connectivity index (χ2v) is 4.71. The molecule has 0 saturated carbocycles. The third-order valence-corrected chi connectivity index (χ3v) is 3.35. The number of amides is 1. The van der Waals surface area contributed by atoms with Crippen LogP contribution in [0.25, 0.3) is 10.4 Å². The lowest BCUT2D eigenvalue weighted by atomic mass is 9.94. The number of benzene rings is 1. The first-order chi connectivity index (χ1) is 9.93. The number of nitrogens with one attached hydrogen (secondary N) is 1. The number of carbonyl (C=O) groups is 1. The fourth-order valence-electron chi connectivity index (χ4n) is 2.22. The second kappa shape index (κ2) is 6.02. The van der Waals surface area contributed by atoms with Crippen molar-refractivity contribution in [2.75, 3.05) is 6.54 Å². The molecule has 1 fully saturated rings. The summed E-state index contributed by atoms with van der Waals surface area (Å²) < 4.78 is 40.9. The molecule has 0 aliphatic carbocycles. The van der Waals surface area contributed by atoms with Crippen LogP contribution in [-0.2, 0) is 11.2 Å². The molecule has 1 amide bonds. The highest BCUT2D eigenvalue weighted by atomic mass is 19.1. The van der Waals surface area contributed by atoms with Crippen molar-refractivity contribution in [3.8, 4) is 0 Å². The molecule has 0 bridgehead atoms. The third kappa shape index (κ3) is 3.09. The van der Waals surface area contributed by atoms with Crippen LogP contribution < -0.4 is 5.32 Å². The van der Waals surface area contributed by atoms with Gasteiger partial charge in [-0.2, -0.15) is 0 Å². The maximum Gasteiger partial charge on any atom is 0.220 e. The minimum absolute atomic E-state index is 0.0504. The zero-order chi connectivity index (χ0) is 15.6. The number of rotatable bonds is 4. The lowest BCUT2D eigenvalue weighted by Crippen LogP contribution is -2.26. The first-order valence-electron chi connectivity index (χ1n) is 6.10. The number of azide groups is 1. The quantitative estimate of drug-likeness (QED) is 0.505. The summed E-state index contributed by atoms with van der Waals surface area (Å²) in [5.74, 6) is -4.59. The number of nitrogens with zero attached hydrogens (tertiary/aromatic N) is 3. The van der Waals surface area contributed by atoms with Gasteiger partial charge in [0.1, 0.15) is 23.1 Å². The van der Waals surface area contributed by atoms with Gasteiger partial charge in [0.25, 0.3) is 0 Å². The van der Waals surface area contributed by atoms with Crippen LogP contribution in [0, 0.1) is 23.4 Å². The number of hydrogen-bond donors (Lipinski definition) is 2. The van der Waals surface area contributed by atoms with Crippen LogP contribution >= 0.6 is 0 Å². The van der Waals surface area contributed by atoms with Gasteiger partial charge in [0.2, 0.25) is 5.91 Å². The summed E-state index contributed by atoms with van der Waals surface area (Å²) in [5.41, 5.74) is 6.73. The lowest BCUT2D eigenvalue weighted by Gasteiger charge is -2.17. The number of aliphatic hydroxyl groups excluding tert-OH is 1. The Hall–Kier alpha value is -2.25. The molecule has 1 aliphatic heterocycles. The van der Waals surface area contributed by atoms with E-state index in [1.165, 1.54) is 0 Å². The SMILES string of the molecule is [N-]=[N+]=Nc1c(F)cc(F)c(CC(O)C2CNC(=O)C2)c1F. The Morgan fingerprint density at radius 3 is 2.76 bits per heavy atom. The van der Waals surface area contributed by atoms with E-state index in [1.807, 2.05) is 0 Å². The highest BCUT2D eigenvalue weighted by Crippen LogP contribution is 2.29. The largest absolute Gasteiger partial charge is 0.392 e. The molecule has 1 saturated heterocycles. The molecule has 21 heavy (non-hydrogen) atoms. The fourth-order valence-corrected chi connectivity index (χ4v) is 2.22. The molecule has 9 heteroatoms. The van der Waals surface area contributed by atoms with Gasteiger partial charge in [0.05, 0.1) is 6.10 Å². The minimum Gasteiger partial charge on any atom is -0.392 e. The van der Waals surface area contributed by atoms with Gasteiger partial charge in [-0.3, -0.25) is 4.79 Å². The van der Waals surface area contributed by atoms with Crippen molar-refractivity contribution < 1.29 is 23.1 Å². The van der Waals surface area contributed by atoms with E-state index >= 15 is 0 Å². The summed E-state index contributed by atoms with van der Waals surface area (Å²) in [6, 6.07) is 0.396. The maximum absolute atomic E-state index is 14.0. The van der Waals surface area contributed by atoms with Crippen LogP contribution in [0.5, 0.6) is 0 Å². The third-order valence-electron chi connectivity index (χ3n) is 3.35. The van der Waals surface area contributed by atoms with Crippen molar-refractivity contribution in [3.63, 3.8) is 0 Å². The van der Waals surface area contributed by atoms with Gasteiger partial charge in [-0.1, -0.05) is 5.11 Å². The average Bonchev–Trinajstić information content (AvgIpc) is 2.86. The Balaban J connectivity index is 2.29. The molecule has 2 atom stereocenters. The Labute approximate surface area is 117 Å². The van der Waals surface area contributed by atoms with Crippen molar-refractivity contribution in [3.05, 3.63) is 39.5 Å². The first kappa shape index (κ1) is 15.1. The summed E-state index contributed by atoms with van der Waals surface area (Å²) in [5, 5.41) is 15.3. The molecule has 1 heterocycles. The Morgan fingerprint density at radius 2 is 2.19 bits per heavy atom. The van der Waals surface area contributed by atoms with Crippen LogP contribution in [0.15, 0.2) is 11.2 Å². The summed E-state index contributed by atoms with van der Waals surface area (Å²) in [6.45, 7) is 0.202. The van der Waals surface area contributed by atoms with Crippen molar-refractivity contribution in [1.29, 1.82) is 0 Å². The predicted molar refractivity (Wildman–Crippen MR) is 65.9 cm³/mol. The molecule has 2 unspecified atom stereocenters. The van der Waals surface area contributed by atoms with Gasteiger partial charge >= 0.3 is 0 Å². The zero-order valence-electron chi connectivity index (χ0n) is 10.7. The molecular weight excluding hydrogens is 289 g/mol. The van der Waals surface area contributed by atoms with E-state index in [4.69, 9.17) is 5.53 Å². The van der Waals surface area contributed by atoms with E-state index in [-0.39, 0.29) is 18.9 Å². The Morgan fingerprint density at radius 1 is 1.48 bits per heavy atom. The van der Waals surface area contributed by atoms with E-state index < -0.39 is 47.1 Å². The van der Waals surface area contributed by atoms with Gasteiger partial charge in [0, 0.05) is 41.8 Å². The van der Waals surface area contributed by atoms with E-state index in [9.17, 15) is 23.1 Å². The second-order valence-electron chi connectivity index (χ2n) is 4.71. The van der Waals surface area contributed by atoms with Crippen molar-refractivity contribution >= 4 is 11.6 Å². The van der Waals surface area contributed by atoms with Crippen molar-refractivity contribution in [1.82, 2.24) is 5.32 Å². The molecule has 2 rings (SSSR count). The molecule has 6 nitrogen and oxygen atoms in total. The summed E-state index contributed by atoms with van der Waals surface area (Å²) in [6.07, 6.45) is -1.59. The van der Waals surface area contributed by atoms with E-state index in [1.54, 1.807) is 0 Å². The van der Waals surface area contributed by atoms with E-state index in [2.05, 4.69) is 15.3 Å². The zero-order valence-corrected chi connectivity index (χ0v) is 10.7. The molecular formula is C12H11F3N4O2. The highest BCUT2D eigenvalue weighted by molar-refractivity contribution is 5.78. The molecule has 2 N–H and O–H groups in total. The molecule has 1 aromatic carbocycles. The maximum atomic E-state index is 14.0. The van der Waals surface area contributed by atoms with Crippen LogP contribution in [0.2, 0.25) is 0 Å². The van der Waals surface area contributed by atoms with Crippen LogP contribution in [-0.4, -0.2) is 23.7 Å². The molecule has 1 aliphatic rings. The summed E-state index contributed by atoms with van der Waals surface area (Å²) in [7, 11) is 0. The molecule has 1 aromatic rings. The molecule has 112 valence electrons. The summed E-state index contributed by atoms with van der Waals surface area (Å²) >= 11 is 0. The minimum atomic E-state index is -1.35. The topological polar surface area (TPSA) is 98.1 Å². The Kier molecular flexibility index (Phi) is 4.35. The molecule has 0 spiro atoms. The number of hydrogen-bond acceptors (Lipinski definition) is 3. The van der Waals surface area contributed by atoms with E-state index in [0.717, 1.165) is 0 Å². The molecule has 0 aromatic heterocycles. The van der Waals surface area contributed by atoms with E-state index in [0.29, 0.717) is 6.07 Å². The average molecular weight is 300 g/mol. The lowest BCUT2D eigenvalue weighted by molar-refractivity contribution is -0.119. The monoisotopic (exact) mass is 300 g/mol. The van der Waals surface area contributed by atoms with Crippen LogP contribution in [0.4, 0.5) is 18.9 Å². The fraction of sp³-hybridized carbons (Fsp3) is 0.417. The number of carbonyl (C=O) groups excluding carboxylic acids is 1. The normalized spacial score (nSPS) is 19.0. The van der Waals surface area contributed by atoms with Gasteiger partial charge in [-0.05, 0) is 5.53 Å². The van der Waals surface area contributed by atoms with Crippen LogP contribution in [0.1, 0.15) is 12.0 Å². The van der Waals surface area contributed by atoms with Crippen LogP contribution in [0.3, 0.4) is 0 Å². The Bertz CT molecular complexity index is 631. The number of halogens is 3. The van der Waals surface area contributed by atoms with Gasteiger partial charge in [-0.15, -0.1) is 0 Å². The van der Waals surface area contributed by atoms with Crippen molar-refractivity contribution in [2.45, 2.75) is 18.9 Å². The van der Waals surface area contributed by atoms with Crippen molar-refractivity contribution in [2.24, 2.45) is 11.0 Å². The first-order valence-corrected chi connectivity index (χ1v) is 6.10. The molecule has 0 radical (unpaired) electrons. The van der Waals surface area contributed by atoms with Gasteiger partial charge < -0.3 is 10.4 Å². The highest BCUT2D eigenvalue weighted by Gasteiger charge is 2.30. The van der Waals surface area contributed by atoms with Gasteiger partial charge in [-0.25, -0.2) is 13.2 Å². The predicted octanol–water partition coefficient (Wildman–Crippen LogP) is 2.09. The van der Waals surface area contributed by atoms with Gasteiger partial charge in [0.15, 0.2) is 0 Å². The smallest absolute Gasteiger partial charge is 0.220 e.